The fraction of sp³-hybridized carbons (Fsp3) is 0.533. The summed E-state index contributed by atoms with van der Waals surface area (Å²) in [6.45, 7) is 4.87. The van der Waals surface area contributed by atoms with Crippen LogP contribution in [0.1, 0.15) is 25.3 Å². The molecule has 0 aliphatic carbocycles. The molecule has 1 unspecified atom stereocenters. The first-order valence-electron chi connectivity index (χ1n) is 6.70. The molecule has 20 heavy (non-hydrogen) atoms. The van der Waals surface area contributed by atoms with Gasteiger partial charge >= 0.3 is 0 Å². The van der Waals surface area contributed by atoms with Gasteiger partial charge in [0, 0.05) is 24.6 Å². The zero-order valence-corrected chi connectivity index (χ0v) is 13.0. The molecule has 0 heterocycles. The standard InChI is InChI=1S/C15H22ClNO3/c1-11-9-13(6-7-14(11)16)20-8-4-5-15(18)17-12(2)10-19-3/h6-7,9,12H,4-5,8,10H2,1-3H3,(H,17,18). The minimum Gasteiger partial charge on any atom is -0.494 e. The van der Waals surface area contributed by atoms with Gasteiger partial charge in [0.15, 0.2) is 0 Å². The number of rotatable bonds is 8. The Morgan fingerprint density at radius 2 is 2.20 bits per heavy atom. The van der Waals surface area contributed by atoms with Crippen LogP contribution in [0.4, 0.5) is 0 Å². The van der Waals surface area contributed by atoms with E-state index in [1.54, 1.807) is 7.11 Å². The molecule has 0 aromatic heterocycles. The molecule has 0 fully saturated rings. The fourth-order valence-electron chi connectivity index (χ4n) is 1.77. The summed E-state index contributed by atoms with van der Waals surface area (Å²) in [5.41, 5.74) is 0.982. The first kappa shape index (κ1) is 16.8. The van der Waals surface area contributed by atoms with Crippen LogP contribution in [0.3, 0.4) is 0 Å². The second-order valence-electron chi connectivity index (χ2n) is 4.79. The van der Waals surface area contributed by atoms with Crippen LogP contribution in [0.15, 0.2) is 18.2 Å². The highest BCUT2D eigenvalue weighted by Crippen LogP contribution is 2.21. The van der Waals surface area contributed by atoms with Gasteiger partial charge in [-0.15, -0.1) is 0 Å². The molecule has 1 atom stereocenters. The molecule has 0 bridgehead atoms. The highest BCUT2D eigenvalue weighted by atomic mass is 35.5. The molecule has 0 saturated carbocycles. The molecule has 0 aliphatic rings. The molecule has 0 radical (unpaired) electrons. The van der Waals surface area contributed by atoms with E-state index in [0.717, 1.165) is 16.3 Å². The molecule has 1 aromatic rings. The minimum absolute atomic E-state index is 0.0189. The lowest BCUT2D eigenvalue weighted by Crippen LogP contribution is -2.35. The van der Waals surface area contributed by atoms with E-state index in [-0.39, 0.29) is 11.9 Å². The van der Waals surface area contributed by atoms with Gasteiger partial charge in [0.05, 0.1) is 13.2 Å². The van der Waals surface area contributed by atoms with Gasteiger partial charge in [-0.2, -0.15) is 0 Å². The topological polar surface area (TPSA) is 47.6 Å². The van der Waals surface area contributed by atoms with Crippen LogP contribution < -0.4 is 10.1 Å². The van der Waals surface area contributed by atoms with Crippen LogP contribution in [0, 0.1) is 6.92 Å². The van der Waals surface area contributed by atoms with Crippen molar-refractivity contribution in [3.8, 4) is 5.75 Å². The Kier molecular flexibility index (Phi) is 7.41. The molecule has 5 heteroatoms. The van der Waals surface area contributed by atoms with Gasteiger partial charge in [-0.1, -0.05) is 11.6 Å². The van der Waals surface area contributed by atoms with Crippen LogP contribution in [-0.2, 0) is 9.53 Å². The normalized spacial score (nSPS) is 12.0. The van der Waals surface area contributed by atoms with E-state index in [0.29, 0.717) is 26.1 Å². The summed E-state index contributed by atoms with van der Waals surface area (Å²) in [6.07, 6.45) is 1.12. The summed E-state index contributed by atoms with van der Waals surface area (Å²) < 4.78 is 10.5. The van der Waals surface area contributed by atoms with E-state index < -0.39 is 0 Å². The molecule has 0 aliphatic heterocycles. The number of aryl methyl sites for hydroxylation is 1. The van der Waals surface area contributed by atoms with Crippen molar-refractivity contribution in [2.45, 2.75) is 32.7 Å². The molecule has 1 aromatic carbocycles. The van der Waals surface area contributed by atoms with Crippen molar-refractivity contribution in [3.05, 3.63) is 28.8 Å². The Morgan fingerprint density at radius 3 is 2.85 bits per heavy atom. The van der Waals surface area contributed by atoms with Crippen molar-refractivity contribution in [1.29, 1.82) is 0 Å². The van der Waals surface area contributed by atoms with Crippen LogP contribution in [0.25, 0.3) is 0 Å². The van der Waals surface area contributed by atoms with Gasteiger partial charge in [-0.3, -0.25) is 4.79 Å². The molecule has 0 spiro atoms. The molecule has 112 valence electrons. The van der Waals surface area contributed by atoms with Crippen LogP contribution in [0.5, 0.6) is 5.75 Å². The maximum absolute atomic E-state index is 11.6. The lowest BCUT2D eigenvalue weighted by molar-refractivity contribution is -0.122. The summed E-state index contributed by atoms with van der Waals surface area (Å²) in [6, 6.07) is 5.57. The van der Waals surface area contributed by atoms with Crippen molar-refractivity contribution in [2.75, 3.05) is 20.3 Å². The number of carbonyl (C=O) groups is 1. The Labute approximate surface area is 125 Å². The predicted octanol–water partition coefficient (Wildman–Crippen LogP) is 2.96. The molecule has 1 amide bonds. The molecule has 1 rings (SSSR count). The lowest BCUT2D eigenvalue weighted by atomic mass is 10.2. The van der Waals surface area contributed by atoms with E-state index in [1.807, 2.05) is 32.0 Å². The van der Waals surface area contributed by atoms with Gasteiger partial charge in [0.1, 0.15) is 5.75 Å². The zero-order valence-electron chi connectivity index (χ0n) is 12.2. The number of halogens is 1. The van der Waals surface area contributed by atoms with Gasteiger partial charge < -0.3 is 14.8 Å². The van der Waals surface area contributed by atoms with Crippen LogP contribution in [0.2, 0.25) is 5.02 Å². The summed E-state index contributed by atoms with van der Waals surface area (Å²) in [5, 5.41) is 3.58. The maximum atomic E-state index is 11.6. The molecule has 4 nitrogen and oxygen atoms in total. The lowest BCUT2D eigenvalue weighted by Gasteiger charge is -2.12. The van der Waals surface area contributed by atoms with Gasteiger partial charge in [0.2, 0.25) is 5.91 Å². The molecular weight excluding hydrogens is 278 g/mol. The maximum Gasteiger partial charge on any atom is 0.220 e. The fourth-order valence-corrected chi connectivity index (χ4v) is 1.89. The Hall–Kier alpha value is -1.26. The van der Waals surface area contributed by atoms with E-state index in [4.69, 9.17) is 21.1 Å². The van der Waals surface area contributed by atoms with E-state index in [2.05, 4.69) is 5.32 Å². The second-order valence-corrected chi connectivity index (χ2v) is 5.19. The predicted molar refractivity (Wildman–Crippen MR) is 80.4 cm³/mol. The number of ether oxygens (including phenoxy) is 2. The van der Waals surface area contributed by atoms with E-state index in [1.165, 1.54) is 0 Å². The highest BCUT2D eigenvalue weighted by Gasteiger charge is 2.06. The summed E-state index contributed by atoms with van der Waals surface area (Å²) in [7, 11) is 1.62. The van der Waals surface area contributed by atoms with E-state index in [9.17, 15) is 4.79 Å². The quantitative estimate of drug-likeness (QED) is 0.751. The van der Waals surface area contributed by atoms with Gasteiger partial charge in [-0.05, 0) is 44.0 Å². The summed E-state index contributed by atoms with van der Waals surface area (Å²) in [5.74, 6) is 0.797. The Balaban J connectivity index is 2.21. The van der Waals surface area contributed by atoms with Crippen molar-refractivity contribution in [1.82, 2.24) is 5.32 Å². The number of nitrogens with one attached hydrogen (secondary N) is 1. The summed E-state index contributed by atoms with van der Waals surface area (Å²) in [4.78, 5) is 11.6. The van der Waals surface area contributed by atoms with Crippen LogP contribution in [-0.4, -0.2) is 32.3 Å². The first-order chi connectivity index (χ1) is 9.52. The number of hydrogen-bond donors (Lipinski definition) is 1. The average Bonchev–Trinajstić information content (AvgIpc) is 2.39. The molecule has 1 N–H and O–H groups in total. The minimum atomic E-state index is 0.0189. The molecule has 0 saturated heterocycles. The SMILES string of the molecule is COCC(C)NC(=O)CCCOc1ccc(Cl)c(C)c1. The van der Waals surface area contributed by atoms with Crippen LogP contribution >= 0.6 is 11.6 Å². The van der Waals surface area contributed by atoms with Crippen molar-refractivity contribution < 1.29 is 14.3 Å². The van der Waals surface area contributed by atoms with E-state index >= 15 is 0 Å². The van der Waals surface area contributed by atoms with Gasteiger partial charge in [-0.25, -0.2) is 0 Å². The Bertz CT molecular complexity index is 437. The second kappa shape index (κ2) is 8.82. The number of hydrogen-bond acceptors (Lipinski definition) is 3. The van der Waals surface area contributed by atoms with Crippen molar-refractivity contribution in [3.63, 3.8) is 0 Å². The smallest absolute Gasteiger partial charge is 0.220 e. The number of methoxy groups -OCH3 is 1. The van der Waals surface area contributed by atoms with Gasteiger partial charge in [0.25, 0.3) is 0 Å². The number of carbonyl (C=O) groups excluding carboxylic acids is 1. The highest BCUT2D eigenvalue weighted by molar-refractivity contribution is 6.31. The first-order valence-corrected chi connectivity index (χ1v) is 7.08. The third-order valence-corrected chi connectivity index (χ3v) is 3.19. The number of benzene rings is 1. The molecular formula is C15H22ClNO3. The number of amides is 1. The third-order valence-electron chi connectivity index (χ3n) is 2.77. The Morgan fingerprint density at radius 1 is 1.45 bits per heavy atom. The zero-order chi connectivity index (χ0) is 15.0. The average molecular weight is 300 g/mol. The third kappa shape index (κ3) is 6.26. The largest absolute Gasteiger partial charge is 0.494 e. The van der Waals surface area contributed by atoms with Crippen molar-refractivity contribution >= 4 is 17.5 Å². The monoisotopic (exact) mass is 299 g/mol. The van der Waals surface area contributed by atoms with Crippen molar-refractivity contribution in [2.24, 2.45) is 0 Å². The summed E-state index contributed by atoms with van der Waals surface area (Å²) >= 11 is 5.94.